The standard InChI is InChI=1S/C31H20N8O5S2/c40-28(41)25-29(44-20-8-6-19(7-9-20)39-26-18(15-34-39)14-32-16-33-26)46-27(36-25)17-5-10-23-22(13-17)38(11-12-43-23)31(42)37-30-35-21-3-1-2-4-24(21)45-30/h1-10,13-16H,11-12H2,(H,40,41)(H,35,37,42). The third kappa shape index (κ3) is 5.02. The number of benzene rings is 3. The van der Waals surface area contributed by atoms with Gasteiger partial charge in [-0.3, -0.25) is 10.2 Å². The van der Waals surface area contributed by atoms with Crippen LogP contribution in [-0.2, 0) is 0 Å². The molecule has 0 unspecified atom stereocenters. The number of carbonyl (C=O) groups excluding carboxylic acids is 1. The molecule has 3 aromatic carbocycles. The maximum atomic E-state index is 13.4. The summed E-state index contributed by atoms with van der Waals surface area (Å²) in [6.07, 6.45) is 4.82. The molecule has 0 bridgehead atoms. The van der Waals surface area contributed by atoms with Crippen LogP contribution in [0.15, 0.2) is 85.5 Å². The van der Waals surface area contributed by atoms with E-state index >= 15 is 0 Å². The molecule has 0 aliphatic carbocycles. The Bertz CT molecular complexity index is 2250. The number of carboxylic acids is 1. The fraction of sp³-hybridized carbons (Fsp3) is 0.0645. The summed E-state index contributed by atoms with van der Waals surface area (Å²) < 4.78 is 14.5. The average Bonchev–Trinajstić information content (AvgIpc) is 3.81. The van der Waals surface area contributed by atoms with E-state index in [1.165, 1.54) is 17.7 Å². The van der Waals surface area contributed by atoms with E-state index < -0.39 is 5.97 Å². The van der Waals surface area contributed by atoms with Crippen molar-refractivity contribution in [2.75, 3.05) is 23.4 Å². The van der Waals surface area contributed by atoms with E-state index in [0.717, 1.165) is 32.6 Å². The zero-order valence-corrected chi connectivity index (χ0v) is 25.2. The smallest absolute Gasteiger partial charge is 0.359 e. The molecule has 2 N–H and O–H groups in total. The second-order valence-electron chi connectivity index (χ2n) is 10.0. The van der Waals surface area contributed by atoms with Crippen molar-refractivity contribution in [3.05, 3.63) is 91.1 Å². The second kappa shape index (κ2) is 11.2. The van der Waals surface area contributed by atoms with E-state index in [2.05, 4.69) is 30.4 Å². The van der Waals surface area contributed by atoms with Crippen LogP contribution in [0, 0.1) is 0 Å². The molecular formula is C31H20N8O5S2. The van der Waals surface area contributed by atoms with Crippen molar-refractivity contribution < 1.29 is 24.2 Å². The van der Waals surface area contributed by atoms with Crippen molar-refractivity contribution in [1.82, 2.24) is 29.7 Å². The Balaban J connectivity index is 1.05. The van der Waals surface area contributed by atoms with Crippen LogP contribution in [0.5, 0.6) is 16.6 Å². The summed E-state index contributed by atoms with van der Waals surface area (Å²) in [6.45, 7) is 0.637. The monoisotopic (exact) mass is 648 g/mol. The summed E-state index contributed by atoms with van der Waals surface area (Å²) in [4.78, 5) is 44.3. The maximum absolute atomic E-state index is 13.4. The van der Waals surface area contributed by atoms with Crippen LogP contribution < -0.4 is 19.7 Å². The molecular weight excluding hydrogens is 629 g/mol. The highest BCUT2D eigenvalue weighted by molar-refractivity contribution is 7.22. The molecule has 0 spiro atoms. The number of ether oxygens (including phenoxy) is 2. The number of rotatable bonds is 6. The number of para-hydroxylation sites is 1. The predicted octanol–water partition coefficient (Wildman–Crippen LogP) is 6.47. The first-order chi connectivity index (χ1) is 22.5. The van der Waals surface area contributed by atoms with Gasteiger partial charge in [0.1, 0.15) is 29.4 Å². The van der Waals surface area contributed by atoms with Crippen LogP contribution in [0.2, 0.25) is 0 Å². The Morgan fingerprint density at radius 1 is 1.00 bits per heavy atom. The van der Waals surface area contributed by atoms with E-state index in [-0.39, 0.29) is 16.8 Å². The molecule has 8 rings (SSSR count). The Morgan fingerprint density at radius 3 is 2.72 bits per heavy atom. The molecule has 0 atom stereocenters. The first-order valence-electron chi connectivity index (χ1n) is 13.9. The summed E-state index contributed by atoms with van der Waals surface area (Å²) in [5.74, 6) is -0.281. The molecule has 0 fully saturated rings. The van der Waals surface area contributed by atoms with E-state index in [1.54, 1.807) is 64.4 Å². The molecule has 0 saturated carbocycles. The number of fused-ring (bicyclic) bond motifs is 3. The normalized spacial score (nSPS) is 12.6. The average molecular weight is 649 g/mol. The SMILES string of the molecule is O=C(O)c1nc(-c2ccc3c(c2)N(C(=O)Nc2nc4ccccc4s2)CCO3)sc1Oc1ccc(-n2ncc3cncnc32)cc1. The first-order valence-corrected chi connectivity index (χ1v) is 15.5. The Morgan fingerprint density at radius 2 is 1.87 bits per heavy atom. The van der Waals surface area contributed by atoms with Crippen molar-refractivity contribution in [2.24, 2.45) is 0 Å². The zero-order valence-electron chi connectivity index (χ0n) is 23.5. The maximum Gasteiger partial charge on any atom is 0.359 e. The van der Waals surface area contributed by atoms with Crippen LogP contribution in [0.4, 0.5) is 15.6 Å². The van der Waals surface area contributed by atoms with E-state index in [4.69, 9.17) is 9.47 Å². The molecule has 7 aromatic rings. The molecule has 2 amide bonds. The van der Waals surface area contributed by atoms with E-state index in [1.807, 2.05) is 24.3 Å². The van der Waals surface area contributed by atoms with Crippen LogP contribution in [0.1, 0.15) is 10.5 Å². The highest BCUT2D eigenvalue weighted by atomic mass is 32.1. The number of hydrogen-bond donors (Lipinski definition) is 2. The van der Waals surface area contributed by atoms with Crippen molar-refractivity contribution in [2.45, 2.75) is 0 Å². The number of thiazole rings is 2. The molecule has 0 saturated heterocycles. The molecule has 0 radical (unpaired) electrons. The van der Waals surface area contributed by atoms with Crippen molar-refractivity contribution >= 4 is 66.7 Å². The van der Waals surface area contributed by atoms with Gasteiger partial charge in [-0.05, 0) is 54.6 Å². The predicted molar refractivity (Wildman–Crippen MR) is 173 cm³/mol. The summed E-state index contributed by atoms with van der Waals surface area (Å²) in [5.41, 5.74) is 3.13. The molecule has 1 aliphatic heterocycles. The minimum atomic E-state index is -1.23. The lowest BCUT2D eigenvalue weighted by Gasteiger charge is -2.29. The van der Waals surface area contributed by atoms with Crippen LogP contribution in [-0.4, -0.2) is 60.0 Å². The van der Waals surface area contributed by atoms with Crippen molar-refractivity contribution in [3.8, 4) is 32.8 Å². The van der Waals surface area contributed by atoms with Gasteiger partial charge >= 0.3 is 12.0 Å². The number of nitrogens with zero attached hydrogens (tertiary/aromatic N) is 7. The number of amides is 2. The first kappa shape index (κ1) is 27.6. The molecule has 1 aliphatic rings. The van der Waals surface area contributed by atoms with Crippen LogP contribution in [0.3, 0.4) is 0 Å². The van der Waals surface area contributed by atoms with Crippen molar-refractivity contribution in [3.63, 3.8) is 0 Å². The third-order valence-electron chi connectivity index (χ3n) is 7.14. The number of aromatic carboxylic acids is 1. The third-order valence-corrected chi connectivity index (χ3v) is 9.08. The van der Waals surface area contributed by atoms with Gasteiger partial charge in [0.15, 0.2) is 10.8 Å². The second-order valence-corrected chi connectivity index (χ2v) is 12.0. The van der Waals surface area contributed by atoms with Gasteiger partial charge in [-0.25, -0.2) is 34.2 Å². The van der Waals surface area contributed by atoms with Crippen LogP contribution in [0.25, 0.3) is 37.5 Å². The number of aromatic nitrogens is 6. The highest BCUT2D eigenvalue weighted by Crippen LogP contribution is 2.41. The van der Waals surface area contributed by atoms with Gasteiger partial charge in [-0.1, -0.05) is 34.8 Å². The molecule has 13 nitrogen and oxygen atoms in total. The number of nitrogens with one attached hydrogen (secondary N) is 1. The van der Waals surface area contributed by atoms with Gasteiger partial charge in [-0.15, -0.1) is 0 Å². The summed E-state index contributed by atoms with van der Waals surface area (Å²) in [5, 5.41) is 19.0. The lowest BCUT2D eigenvalue weighted by Crippen LogP contribution is -2.40. The largest absolute Gasteiger partial charge is 0.490 e. The Labute approximate surface area is 267 Å². The Kier molecular flexibility index (Phi) is 6.73. The molecule has 5 heterocycles. The van der Waals surface area contributed by atoms with Crippen molar-refractivity contribution in [1.29, 1.82) is 0 Å². The van der Waals surface area contributed by atoms with Gasteiger partial charge in [0, 0.05) is 11.8 Å². The number of urea groups is 1. The molecule has 46 heavy (non-hydrogen) atoms. The summed E-state index contributed by atoms with van der Waals surface area (Å²) in [6, 6.07) is 19.6. The van der Waals surface area contributed by atoms with E-state index in [0.29, 0.717) is 51.7 Å². The number of anilines is 2. The fourth-order valence-corrected chi connectivity index (χ4v) is 6.79. The fourth-order valence-electron chi connectivity index (χ4n) is 5.01. The van der Waals surface area contributed by atoms with Gasteiger partial charge in [0.2, 0.25) is 10.8 Å². The number of carbonyl (C=O) groups is 2. The lowest BCUT2D eigenvalue weighted by molar-refractivity contribution is 0.0688. The quantitative estimate of drug-likeness (QED) is 0.205. The lowest BCUT2D eigenvalue weighted by atomic mass is 10.1. The van der Waals surface area contributed by atoms with Gasteiger partial charge in [0.05, 0.1) is 39.7 Å². The highest BCUT2D eigenvalue weighted by Gasteiger charge is 2.27. The molecule has 15 heteroatoms. The molecule has 4 aromatic heterocycles. The van der Waals surface area contributed by atoms with E-state index in [9.17, 15) is 14.7 Å². The van der Waals surface area contributed by atoms with Crippen LogP contribution >= 0.6 is 22.7 Å². The zero-order chi connectivity index (χ0) is 31.2. The topological polar surface area (TPSA) is 157 Å². The Hall–Kier alpha value is -5.93. The molecule has 226 valence electrons. The van der Waals surface area contributed by atoms with Gasteiger partial charge < -0.3 is 14.6 Å². The minimum Gasteiger partial charge on any atom is -0.490 e. The summed E-state index contributed by atoms with van der Waals surface area (Å²) in [7, 11) is 0. The minimum absolute atomic E-state index is 0.118. The van der Waals surface area contributed by atoms with Gasteiger partial charge in [0.25, 0.3) is 0 Å². The summed E-state index contributed by atoms with van der Waals surface area (Å²) >= 11 is 2.48. The number of hydrogen-bond acceptors (Lipinski definition) is 11. The van der Waals surface area contributed by atoms with Gasteiger partial charge in [-0.2, -0.15) is 5.10 Å². The number of carboxylic acid groups (broad SMARTS) is 1.